The van der Waals surface area contributed by atoms with Gasteiger partial charge in [-0.05, 0) is 80.8 Å². The van der Waals surface area contributed by atoms with Gasteiger partial charge in [-0.15, -0.1) is 0 Å². The molecule has 0 bridgehead atoms. The fraction of sp³-hybridized carbons (Fsp3) is 0.704. The summed E-state index contributed by atoms with van der Waals surface area (Å²) >= 11 is 0. The van der Waals surface area contributed by atoms with Gasteiger partial charge in [-0.25, -0.2) is 4.79 Å². The van der Waals surface area contributed by atoms with Crippen LogP contribution in [0.2, 0.25) is 0 Å². The third-order valence-electron chi connectivity index (χ3n) is 7.99. The van der Waals surface area contributed by atoms with Gasteiger partial charge < -0.3 is 21.5 Å². The zero-order valence-corrected chi connectivity index (χ0v) is 21.0. The van der Waals surface area contributed by atoms with Crippen LogP contribution >= 0.6 is 0 Å². The van der Waals surface area contributed by atoms with E-state index in [0.29, 0.717) is 23.9 Å². The molecular formula is C27H44N4O3. The zero-order chi connectivity index (χ0) is 24.5. The molecule has 1 aromatic carbocycles. The molecule has 2 fully saturated rings. The first-order chi connectivity index (χ1) is 16.4. The van der Waals surface area contributed by atoms with Crippen molar-refractivity contribution >= 4 is 11.9 Å². The summed E-state index contributed by atoms with van der Waals surface area (Å²) in [6.45, 7) is 8.87. The number of likely N-dealkylation sites (tertiary alicyclic amines) is 1. The standard InChI is InChI=1S/C27H44N4O3/c1-3-24(29-17-23-7-5-4-6-19(23)2)25(28)26(32)30-16-20-12-14-31(15-13-20)18-21-8-10-22(11-9-21)27(33)34/h8-11,19-20,23-25,29H,3-7,12-18,28H2,1-2H3,(H,30,32)(H,33,34). The van der Waals surface area contributed by atoms with E-state index >= 15 is 0 Å². The summed E-state index contributed by atoms with van der Waals surface area (Å²) < 4.78 is 0. The van der Waals surface area contributed by atoms with Gasteiger partial charge in [0.1, 0.15) is 0 Å². The molecule has 7 heteroatoms. The maximum Gasteiger partial charge on any atom is 0.335 e. The Kier molecular flexibility index (Phi) is 10.4. The number of amides is 1. The maximum atomic E-state index is 12.8. The van der Waals surface area contributed by atoms with Gasteiger partial charge in [-0.1, -0.05) is 45.2 Å². The number of carbonyl (C=O) groups excluding carboxylic acids is 1. The lowest BCUT2D eigenvalue weighted by molar-refractivity contribution is -0.123. The Morgan fingerprint density at radius 3 is 2.38 bits per heavy atom. The van der Waals surface area contributed by atoms with Crippen LogP contribution in [-0.4, -0.2) is 60.1 Å². The van der Waals surface area contributed by atoms with Crippen LogP contribution in [0.5, 0.6) is 0 Å². The molecule has 1 aliphatic heterocycles. The molecule has 5 N–H and O–H groups in total. The number of nitrogens with one attached hydrogen (secondary N) is 2. The molecule has 0 radical (unpaired) electrons. The van der Waals surface area contributed by atoms with Gasteiger partial charge in [0.25, 0.3) is 0 Å². The highest BCUT2D eigenvalue weighted by Gasteiger charge is 2.27. The van der Waals surface area contributed by atoms with Crippen molar-refractivity contribution in [2.45, 2.75) is 77.4 Å². The van der Waals surface area contributed by atoms with E-state index in [-0.39, 0.29) is 11.9 Å². The second kappa shape index (κ2) is 13.2. The molecule has 0 spiro atoms. The topological polar surface area (TPSA) is 108 Å². The largest absolute Gasteiger partial charge is 0.478 e. The molecule has 3 rings (SSSR count). The Morgan fingerprint density at radius 1 is 1.09 bits per heavy atom. The number of carboxylic acid groups (broad SMARTS) is 1. The van der Waals surface area contributed by atoms with E-state index in [2.05, 4.69) is 29.4 Å². The van der Waals surface area contributed by atoms with Crippen molar-refractivity contribution in [3.05, 3.63) is 35.4 Å². The van der Waals surface area contributed by atoms with Gasteiger partial charge in [-0.3, -0.25) is 9.69 Å². The molecule has 4 atom stereocenters. The molecule has 34 heavy (non-hydrogen) atoms. The van der Waals surface area contributed by atoms with Crippen LogP contribution < -0.4 is 16.4 Å². The summed E-state index contributed by atoms with van der Waals surface area (Å²) in [6.07, 6.45) is 8.17. The Morgan fingerprint density at radius 2 is 1.76 bits per heavy atom. The number of hydrogen-bond acceptors (Lipinski definition) is 5. The number of nitrogens with zero attached hydrogens (tertiary/aromatic N) is 1. The number of nitrogens with two attached hydrogens (primary N) is 1. The quantitative estimate of drug-likeness (QED) is 0.394. The predicted molar refractivity (Wildman–Crippen MR) is 136 cm³/mol. The SMILES string of the molecule is CCC(NCC1CCCCC1C)C(N)C(=O)NCC1CCN(Cc2ccc(C(=O)O)cc2)CC1. The molecule has 1 aliphatic carbocycles. The van der Waals surface area contributed by atoms with Crippen molar-refractivity contribution in [1.29, 1.82) is 0 Å². The Labute approximate surface area is 204 Å². The summed E-state index contributed by atoms with van der Waals surface area (Å²) in [4.78, 5) is 26.1. The van der Waals surface area contributed by atoms with Crippen molar-refractivity contribution in [2.75, 3.05) is 26.2 Å². The second-order valence-electron chi connectivity index (χ2n) is 10.4. The fourth-order valence-electron chi connectivity index (χ4n) is 5.43. The molecular weight excluding hydrogens is 428 g/mol. The summed E-state index contributed by atoms with van der Waals surface area (Å²) in [5, 5.41) is 15.8. The number of aromatic carboxylic acids is 1. The van der Waals surface area contributed by atoms with Crippen molar-refractivity contribution in [3.8, 4) is 0 Å². The first-order valence-electron chi connectivity index (χ1n) is 13.2. The molecule has 4 unspecified atom stereocenters. The molecule has 0 aromatic heterocycles. The molecule has 190 valence electrons. The average molecular weight is 473 g/mol. The Bertz CT molecular complexity index is 777. The lowest BCUT2D eigenvalue weighted by Gasteiger charge is -2.33. The normalized spacial score (nSPS) is 23.9. The average Bonchev–Trinajstić information content (AvgIpc) is 2.85. The van der Waals surface area contributed by atoms with Gasteiger partial charge in [0.15, 0.2) is 0 Å². The summed E-state index contributed by atoms with van der Waals surface area (Å²) in [5.74, 6) is 0.973. The van der Waals surface area contributed by atoms with E-state index in [1.165, 1.54) is 25.7 Å². The van der Waals surface area contributed by atoms with E-state index in [9.17, 15) is 9.59 Å². The smallest absolute Gasteiger partial charge is 0.335 e. The highest BCUT2D eigenvalue weighted by atomic mass is 16.4. The lowest BCUT2D eigenvalue weighted by atomic mass is 9.80. The molecule has 1 heterocycles. The minimum Gasteiger partial charge on any atom is -0.478 e. The van der Waals surface area contributed by atoms with Crippen molar-refractivity contribution in [3.63, 3.8) is 0 Å². The van der Waals surface area contributed by atoms with E-state index in [1.807, 2.05) is 12.1 Å². The summed E-state index contributed by atoms with van der Waals surface area (Å²) in [7, 11) is 0. The molecule has 7 nitrogen and oxygen atoms in total. The molecule has 1 aromatic rings. The highest BCUT2D eigenvalue weighted by molar-refractivity contribution is 5.87. The predicted octanol–water partition coefficient (Wildman–Crippen LogP) is 3.23. The second-order valence-corrected chi connectivity index (χ2v) is 10.4. The van der Waals surface area contributed by atoms with Crippen LogP contribution in [0.15, 0.2) is 24.3 Å². The number of hydrogen-bond donors (Lipinski definition) is 4. The van der Waals surface area contributed by atoms with E-state index in [0.717, 1.165) is 56.9 Å². The van der Waals surface area contributed by atoms with Gasteiger partial charge in [-0.2, -0.15) is 0 Å². The molecule has 1 saturated carbocycles. The van der Waals surface area contributed by atoms with Crippen molar-refractivity contribution in [1.82, 2.24) is 15.5 Å². The number of benzene rings is 1. The van der Waals surface area contributed by atoms with Crippen LogP contribution in [-0.2, 0) is 11.3 Å². The maximum absolute atomic E-state index is 12.8. The summed E-state index contributed by atoms with van der Waals surface area (Å²) in [6, 6.07) is 6.62. The minimum absolute atomic E-state index is 0.0171. The van der Waals surface area contributed by atoms with Crippen LogP contribution in [0.4, 0.5) is 0 Å². The molecule has 2 aliphatic rings. The zero-order valence-electron chi connectivity index (χ0n) is 21.0. The Balaban J connectivity index is 1.36. The number of piperidine rings is 1. The van der Waals surface area contributed by atoms with Gasteiger partial charge in [0, 0.05) is 19.1 Å². The van der Waals surface area contributed by atoms with Crippen LogP contribution in [0, 0.1) is 17.8 Å². The summed E-state index contributed by atoms with van der Waals surface area (Å²) in [5.41, 5.74) is 7.80. The van der Waals surface area contributed by atoms with E-state index in [4.69, 9.17) is 10.8 Å². The fourth-order valence-corrected chi connectivity index (χ4v) is 5.43. The van der Waals surface area contributed by atoms with Gasteiger partial charge in [0.2, 0.25) is 5.91 Å². The first-order valence-corrected chi connectivity index (χ1v) is 13.2. The first kappa shape index (κ1) is 26.6. The number of rotatable bonds is 11. The van der Waals surface area contributed by atoms with Gasteiger partial charge in [0.05, 0.1) is 11.6 Å². The monoisotopic (exact) mass is 472 g/mol. The lowest BCUT2D eigenvalue weighted by Crippen LogP contribution is -2.55. The third-order valence-corrected chi connectivity index (χ3v) is 7.99. The number of carboxylic acids is 1. The van der Waals surface area contributed by atoms with Gasteiger partial charge >= 0.3 is 5.97 Å². The van der Waals surface area contributed by atoms with E-state index in [1.54, 1.807) is 12.1 Å². The molecule has 1 saturated heterocycles. The van der Waals surface area contributed by atoms with Crippen LogP contribution in [0.3, 0.4) is 0 Å². The molecule has 1 amide bonds. The van der Waals surface area contributed by atoms with Crippen LogP contribution in [0.1, 0.15) is 74.7 Å². The van der Waals surface area contributed by atoms with Crippen molar-refractivity contribution in [2.24, 2.45) is 23.5 Å². The third kappa shape index (κ3) is 7.79. The highest BCUT2D eigenvalue weighted by Crippen LogP contribution is 2.29. The van der Waals surface area contributed by atoms with Crippen molar-refractivity contribution < 1.29 is 14.7 Å². The van der Waals surface area contributed by atoms with E-state index < -0.39 is 12.0 Å². The van der Waals surface area contributed by atoms with Crippen LogP contribution in [0.25, 0.3) is 0 Å². The number of carbonyl (C=O) groups is 2. The Hall–Kier alpha value is -1.96. The minimum atomic E-state index is -0.894.